The Morgan fingerprint density at radius 2 is 1.40 bits per heavy atom. The Balaban J connectivity index is 1.31. The third-order valence-electron chi connectivity index (χ3n) is 8.43. The summed E-state index contributed by atoms with van der Waals surface area (Å²) in [4.78, 5) is 3.99. The van der Waals surface area contributed by atoms with Gasteiger partial charge in [0.05, 0.1) is 39.6 Å². The Hall–Kier alpha value is -5.88. The van der Waals surface area contributed by atoms with Gasteiger partial charge in [0.25, 0.3) is 0 Å². The van der Waals surface area contributed by atoms with Crippen LogP contribution in [0.15, 0.2) is 120 Å². The average Bonchev–Trinajstić information content (AvgIpc) is 3.73. The summed E-state index contributed by atoms with van der Waals surface area (Å²) in [5.74, 6) is 0. The van der Waals surface area contributed by atoms with E-state index in [0.29, 0.717) is 11.3 Å². The van der Waals surface area contributed by atoms with Crippen LogP contribution in [-0.2, 0) is 0 Å². The molecule has 198 valence electrons. The first kappa shape index (κ1) is 23.8. The van der Waals surface area contributed by atoms with Crippen molar-refractivity contribution in [3.05, 3.63) is 132 Å². The maximum Gasteiger partial charge on any atom is 0.205 e. The molecule has 3 heterocycles. The van der Waals surface area contributed by atoms with E-state index < -0.39 is 0 Å². The van der Waals surface area contributed by atoms with E-state index >= 15 is 0 Å². The molecule has 3 aromatic heterocycles. The van der Waals surface area contributed by atoms with Gasteiger partial charge in [0.15, 0.2) is 0 Å². The molecule has 0 saturated carbocycles. The maximum absolute atomic E-state index is 9.68. The third-order valence-corrected chi connectivity index (χ3v) is 9.70. The van der Waals surface area contributed by atoms with Crippen LogP contribution in [0.5, 0.6) is 0 Å². The molecule has 6 aromatic carbocycles. The molecule has 5 heteroatoms. The Morgan fingerprint density at radius 1 is 0.628 bits per heavy atom. The summed E-state index contributed by atoms with van der Waals surface area (Å²) >= 11 is 1.66. The zero-order valence-corrected chi connectivity index (χ0v) is 23.4. The fraction of sp³-hybridized carbons (Fsp3) is 0. The summed E-state index contributed by atoms with van der Waals surface area (Å²) in [5, 5.41) is 16.3. The molecule has 0 aliphatic heterocycles. The zero-order valence-electron chi connectivity index (χ0n) is 22.6. The Labute approximate surface area is 249 Å². The van der Waals surface area contributed by atoms with Crippen LogP contribution in [0.1, 0.15) is 5.56 Å². The summed E-state index contributed by atoms with van der Waals surface area (Å²) in [6, 6.07) is 41.5. The average molecular weight is 566 g/mol. The molecule has 0 bridgehead atoms. The first-order valence-corrected chi connectivity index (χ1v) is 14.8. The van der Waals surface area contributed by atoms with Crippen molar-refractivity contribution in [3.63, 3.8) is 0 Å². The molecule has 0 saturated heterocycles. The second-order valence-electron chi connectivity index (χ2n) is 10.7. The van der Waals surface area contributed by atoms with Crippen LogP contribution in [0.25, 0.3) is 85.6 Å². The smallest absolute Gasteiger partial charge is 0.205 e. The van der Waals surface area contributed by atoms with E-state index in [-0.39, 0.29) is 0 Å². The minimum Gasteiger partial charge on any atom is -0.456 e. The molecule has 0 aliphatic rings. The highest BCUT2D eigenvalue weighted by Gasteiger charge is 2.19. The highest BCUT2D eigenvalue weighted by Crippen LogP contribution is 2.46. The number of nitrogens with zero attached hydrogens (tertiary/aromatic N) is 3. The van der Waals surface area contributed by atoms with Crippen LogP contribution >= 0.6 is 11.3 Å². The molecule has 0 unspecified atom stereocenters. The molecule has 0 radical (unpaired) electrons. The van der Waals surface area contributed by atoms with Gasteiger partial charge in [-0.3, -0.25) is 0 Å². The van der Waals surface area contributed by atoms with Gasteiger partial charge in [0.1, 0.15) is 11.2 Å². The quantitative estimate of drug-likeness (QED) is 0.196. The highest BCUT2D eigenvalue weighted by atomic mass is 32.1. The zero-order chi connectivity index (χ0) is 28.7. The lowest BCUT2D eigenvalue weighted by Gasteiger charge is -2.09. The fourth-order valence-electron chi connectivity index (χ4n) is 6.50. The summed E-state index contributed by atoms with van der Waals surface area (Å²) in [7, 11) is 0. The lowest BCUT2D eigenvalue weighted by Crippen LogP contribution is -1.94. The Morgan fingerprint density at radius 3 is 2.28 bits per heavy atom. The minimum atomic E-state index is 0.626. The standard InChI is InChI=1S/C38H19N3OS/c1-40-31-19-24(23-14-16-28-27-8-3-5-12-35(27)42-36(28)20-23)18-30-29-9-6-11-33(38(29)43-37(30)31)41-32-10-4-2-7-25(32)26-15-13-22(21-39)17-34(26)41/h2-20H. The predicted octanol–water partition coefficient (Wildman–Crippen LogP) is 11.1. The summed E-state index contributed by atoms with van der Waals surface area (Å²) in [5.41, 5.74) is 8.10. The molecule has 0 amide bonds. The normalized spacial score (nSPS) is 11.7. The fourth-order valence-corrected chi connectivity index (χ4v) is 7.74. The van der Waals surface area contributed by atoms with Crippen LogP contribution in [0.3, 0.4) is 0 Å². The van der Waals surface area contributed by atoms with Crippen LogP contribution in [0.2, 0.25) is 0 Å². The van der Waals surface area contributed by atoms with Gasteiger partial charge in [0.2, 0.25) is 5.69 Å². The van der Waals surface area contributed by atoms with E-state index in [1.165, 1.54) is 0 Å². The van der Waals surface area contributed by atoms with Crippen molar-refractivity contribution in [1.82, 2.24) is 4.57 Å². The SMILES string of the molecule is [C-]#[N+]c1cc(-c2ccc3c(c2)oc2ccccc23)cc2c1sc1c(-n3c4ccccc4c4ccc(C#N)cc43)cccc12. The Kier molecular flexibility index (Phi) is 4.87. The van der Waals surface area contributed by atoms with Gasteiger partial charge in [-0.15, -0.1) is 11.3 Å². The summed E-state index contributed by atoms with van der Waals surface area (Å²) in [6.45, 7) is 8.09. The van der Waals surface area contributed by atoms with Crippen LogP contribution in [0, 0.1) is 17.9 Å². The van der Waals surface area contributed by atoms with Crippen LogP contribution in [-0.4, -0.2) is 4.57 Å². The topological polar surface area (TPSA) is 46.2 Å². The predicted molar refractivity (Wildman–Crippen MR) is 177 cm³/mol. The number of furan rings is 1. The van der Waals surface area contributed by atoms with Gasteiger partial charge < -0.3 is 8.98 Å². The first-order valence-electron chi connectivity index (χ1n) is 13.9. The second-order valence-corrected chi connectivity index (χ2v) is 11.8. The number of thiophene rings is 1. The molecular formula is C38H19N3OS. The number of para-hydroxylation sites is 2. The van der Waals surface area contributed by atoms with Gasteiger partial charge >= 0.3 is 0 Å². The van der Waals surface area contributed by atoms with Crippen molar-refractivity contribution in [1.29, 1.82) is 5.26 Å². The van der Waals surface area contributed by atoms with E-state index in [0.717, 1.165) is 80.7 Å². The van der Waals surface area contributed by atoms with Crippen LogP contribution < -0.4 is 0 Å². The van der Waals surface area contributed by atoms with Gasteiger partial charge in [-0.1, -0.05) is 60.7 Å². The van der Waals surface area contributed by atoms with Crippen LogP contribution in [0.4, 0.5) is 5.69 Å². The number of hydrogen-bond acceptors (Lipinski definition) is 3. The highest BCUT2D eigenvalue weighted by molar-refractivity contribution is 7.26. The van der Waals surface area contributed by atoms with Crippen molar-refractivity contribution in [2.75, 3.05) is 0 Å². The monoisotopic (exact) mass is 565 g/mol. The van der Waals surface area contributed by atoms with Gasteiger partial charge in [-0.2, -0.15) is 5.26 Å². The van der Waals surface area contributed by atoms with Crippen molar-refractivity contribution in [2.45, 2.75) is 0 Å². The van der Waals surface area contributed by atoms with Crippen molar-refractivity contribution in [2.24, 2.45) is 0 Å². The van der Waals surface area contributed by atoms with Crippen molar-refractivity contribution < 1.29 is 4.42 Å². The minimum absolute atomic E-state index is 0.626. The van der Waals surface area contributed by atoms with E-state index in [1.54, 1.807) is 11.3 Å². The number of hydrogen-bond donors (Lipinski definition) is 0. The molecule has 0 spiro atoms. The maximum atomic E-state index is 9.68. The van der Waals surface area contributed by atoms with E-state index in [9.17, 15) is 5.26 Å². The largest absolute Gasteiger partial charge is 0.456 e. The molecular weight excluding hydrogens is 547 g/mol. The van der Waals surface area contributed by atoms with Crippen molar-refractivity contribution in [3.8, 4) is 22.9 Å². The molecule has 0 atom stereocenters. The number of benzene rings is 6. The first-order chi connectivity index (χ1) is 21.2. The Bertz CT molecular complexity index is 2710. The molecule has 0 fully saturated rings. The third kappa shape index (κ3) is 3.35. The molecule has 0 aliphatic carbocycles. The number of nitriles is 1. The van der Waals surface area contributed by atoms with E-state index in [2.05, 4.69) is 88.3 Å². The second kappa shape index (κ2) is 8.81. The summed E-state index contributed by atoms with van der Waals surface area (Å²) in [6.07, 6.45) is 0. The number of fused-ring (bicyclic) bond motifs is 9. The molecule has 4 nitrogen and oxygen atoms in total. The van der Waals surface area contributed by atoms with E-state index in [1.807, 2.05) is 42.5 Å². The number of rotatable bonds is 2. The molecule has 9 aromatic rings. The lowest BCUT2D eigenvalue weighted by atomic mass is 10.00. The van der Waals surface area contributed by atoms with Gasteiger partial charge in [-0.05, 0) is 71.1 Å². The summed E-state index contributed by atoms with van der Waals surface area (Å²) < 4.78 is 10.5. The lowest BCUT2D eigenvalue weighted by molar-refractivity contribution is 0.669. The molecule has 43 heavy (non-hydrogen) atoms. The van der Waals surface area contributed by atoms with Gasteiger partial charge in [0, 0.05) is 31.6 Å². The molecule has 0 N–H and O–H groups in total. The number of aromatic nitrogens is 1. The van der Waals surface area contributed by atoms with E-state index in [4.69, 9.17) is 11.0 Å². The molecule has 9 rings (SSSR count). The van der Waals surface area contributed by atoms with Crippen molar-refractivity contribution >= 4 is 80.9 Å². The van der Waals surface area contributed by atoms with Gasteiger partial charge in [-0.25, -0.2) is 4.85 Å².